The fraction of sp³-hybridized carbons (Fsp3) is 0.385. The van der Waals surface area contributed by atoms with Crippen molar-refractivity contribution in [2.45, 2.75) is 18.9 Å². The van der Waals surface area contributed by atoms with Crippen LogP contribution in [0.3, 0.4) is 0 Å². The Balaban J connectivity index is 1.79. The van der Waals surface area contributed by atoms with Crippen molar-refractivity contribution in [3.05, 3.63) is 29.8 Å². The highest BCUT2D eigenvalue weighted by molar-refractivity contribution is 5.75. The minimum absolute atomic E-state index is 0.0859. The number of aliphatic carboxylic acids is 1. The molecule has 0 aromatic heterocycles. The molecule has 1 aromatic rings. The van der Waals surface area contributed by atoms with Crippen molar-refractivity contribution in [3.8, 4) is 5.75 Å². The lowest BCUT2D eigenvalue weighted by atomic mass is 10.0. The standard InChI is InChI=1S/C13H16N2O4/c16-12(17)5-6-14-13(18)15-10-7-9-3-1-2-4-11(9)19-8-10/h1-4,10H,5-8H2,(H,16,17)(H2,14,15,18). The maximum atomic E-state index is 11.5. The third kappa shape index (κ3) is 3.87. The maximum absolute atomic E-state index is 11.5. The van der Waals surface area contributed by atoms with Gasteiger partial charge in [-0.15, -0.1) is 0 Å². The van der Waals surface area contributed by atoms with Gasteiger partial charge in [-0.25, -0.2) is 4.79 Å². The van der Waals surface area contributed by atoms with Crippen LogP contribution in [0, 0.1) is 0 Å². The Bertz CT molecular complexity index is 475. The number of ether oxygens (including phenoxy) is 1. The second-order valence-corrected chi connectivity index (χ2v) is 4.36. The number of benzene rings is 1. The lowest BCUT2D eigenvalue weighted by Gasteiger charge is -2.26. The molecule has 0 spiro atoms. The Labute approximate surface area is 110 Å². The molecule has 6 nitrogen and oxygen atoms in total. The predicted molar refractivity (Wildman–Crippen MR) is 68.2 cm³/mol. The van der Waals surface area contributed by atoms with E-state index in [1.807, 2.05) is 24.3 Å². The molecule has 0 aliphatic carbocycles. The largest absolute Gasteiger partial charge is 0.491 e. The first-order chi connectivity index (χ1) is 9.15. The Hall–Kier alpha value is -2.24. The molecular weight excluding hydrogens is 248 g/mol. The number of urea groups is 1. The van der Waals surface area contributed by atoms with Gasteiger partial charge in [-0.3, -0.25) is 4.79 Å². The van der Waals surface area contributed by atoms with Gasteiger partial charge in [-0.05, 0) is 18.1 Å². The highest BCUT2D eigenvalue weighted by Crippen LogP contribution is 2.23. The summed E-state index contributed by atoms with van der Waals surface area (Å²) in [5.74, 6) is -0.0814. The van der Waals surface area contributed by atoms with Gasteiger partial charge in [0.25, 0.3) is 0 Å². The van der Waals surface area contributed by atoms with Crippen LogP contribution in [0.1, 0.15) is 12.0 Å². The molecular formula is C13H16N2O4. The Morgan fingerprint density at radius 3 is 2.95 bits per heavy atom. The van der Waals surface area contributed by atoms with Crippen molar-refractivity contribution in [2.75, 3.05) is 13.2 Å². The average Bonchev–Trinajstić information content (AvgIpc) is 2.38. The lowest BCUT2D eigenvalue weighted by molar-refractivity contribution is -0.136. The molecule has 1 atom stereocenters. The molecule has 0 saturated heterocycles. The second-order valence-electron chi connectivity index (χ2n) is 4.36. The molecule has 0 bridgehead atoms. The Morgan fingerprint density at radius 1 is 1.37 bits per heavy atom. The van der Waals surface area contributed by atoms with Crippen LogP contribution >= 0.6 is 0 Å². The number of hydrogen-bond acceptors (Lipinski definition) is 3. The van der Waals surface area contributed by atoms with Crippen LogP contribution in [-0.2, 0) is 11.2 Å². The van der Waals surface area contributed by atoms with Gasteiger partial charge in [0.2, 0.25) is 0 Å². The van der Waals surface area contributed by atoms with E-state index in [0.29, 0.717) is 13.0 Å². The lowest BCUT2D eigenvalue weighted by Crippen LogP contribution is -2.47. The van der Waals surface area contributed by atoms with Crippen LogP contribution in [0.5, 0.6) is 5.75 Å². The molecule has 1 aromatic carbocycles. The van der Waals surface area contributed by atoms with Crippen molar-refractivity contribution in [2.24, 2.45) is 0 Å². The molecule has 2 amide bonds. The number of carbonyl (C=O) groups excluding carboxylic acids is 1. The van der Waals surface area contributed by atoms with Gasteiger partial charge < -0.3 is 20.5 Å². The molecule has 0 fully saturated rings. The summed E-state index contributed by atoms with van der Waals surface area (Å²) in [6.07, 6.45) is 0.625. The van der Waals surface area contributed by atoms with Gasteiger partial charge in [0.05, 0.1) is 12.5 Å². The van der Waals surface area contributed by atoms with Gasteiger partial charge in [-0.2, -0.15) is 0 Å². The molecule has 1 unspecified atom stereocenters. The number of fused-ring (bicyclic) bond motifs is 1. The second kappa shape index (κ2) is 6.08. The summed E-state index contributed by atoms with van der Waals surface area (Å²) in [6.45, 7) is 0.536. The van der Waals surface area contributed by atoms with E-state index in [0.717, 1.165) is 11.3 Å². The van der Waals surface area contributed by atoms with Crippen LogP contribution in [0.2, 0.25) is 0 Å². The van der Waals surface area contributed by atoms with Gasteiger partial charge in [0.1, 0.15) is 12.4 Å². The zero-order valence-electron chi connectivity index (χ0n) is 10.4. The molecule has 2 rings (SSSR count). The number of amides is 2. The number of carboxylic acid groups (broad SMARTS) is 1. The van der Waals surface area contributed by atoms with Gasteiger partial charge in [0.15, 0.2) is 0 Å². The number of rotatable bonds is 4. The van der Waals surface area contributed by atoms with E-state index in [1.54, 1.807) is 0 Å². The number of nitrogens with one attached hydrogen (secondary N) is 2. The van der Waals surface area contributed by atoms with Crippen LogP contribution in [0.15, 0.2) is 24.3 Å². The molecule has 1 aliphatic heterocycles. The molecule has 102 valence electrons. The van der Waals surface area contributed by atoms with E-state index >= 15 is 0 Å². The Morgan fingerprint density at radius 2 is 2.16 bits per heavy atom. The number of hydrogen-bond donors (Lipinski definition) is 3. The summed E-state index contributed by atoms with van der Waals surface area (Å²) in [5, 5.41) is 13.7. The normalized spacial score (nSPS) is 16.9. The smallest absolute Gasteiger partial charge is 0.315 e. The van der Waals surface area contributed by atoms with Crippen molar-refractivity contribution in [1.29, 1.82) is 0 Å². The summed E-state index contributed by atoms with van der Waals surface area (Å²) in [5.41, 5.74) is 1.06. The van der Waals surface area contributed by atoms with Gasteiger partial charge >= 0.3 is 12.0 Å². The predicted octanol–water partition coefficient (Wildman–Crippen LogP) is 0.764. The number of para-hydroxylation sites is 1. The fourth-order valence-corrected chi connectivity index (χ4v) is 1.94. The summed E-state index contributed by atoms with van der Waals surface area (Å²) < 4.78 is 5.54. The minimum atomic E-state index is -0.935. The molecule has 1 heterocycles. The summed E-state index contributed by atoms with van der Waals surface area (Å²) in [7, 11) is 0. The van der Waals surface area contributed by atoms with Crippen molar-refractivity contribution in [3.63, 3.8) is 0 Å². The van der Waals surface area contributed by atoms with E-state index in [1.165, 1.54) is 0 Å². The first-order valence-electron chi connectivity index (χ1n) is 6.12. The fourth-order valence-electron chi connectivity index (χ4n) is 1.94. The average molecular weight is 264 g/mol. The highest BCUT2D eigenvalue weighted by Gasteiger charge is 2.20. The van der Waals surface area contributed by atoms with Crippen LogP contribution < -0.4 is 15.4 Å². The monoisotopic (exact) mass is 264 g/mol. The molecule has 0 saturated carbocycles. The quantitative estimate of drug-likeness (QED) is 0.749. The van der Waals surface area contributed by atoms with Crippen molar-refractivity contribution < 1.29 is 19.4 Å². The third-order valence-electron chi connectivity index (χ3n) is 2.84. The first-order valence-corrected chi connectivity index (χ1v) is 6.12. The zero-order valence-corrected chi connectivity index (χ0v) is 10.4. The van der Waals surface area contributed by atoms with E-state index < -0.39 is 5.97 Å². The summed E-state index contributed by atoms with van der Waals surface area (Å²) in [4.78, 5) is 21.9. The maximum Gasteiger partial charge on any atom is 0.315 e. The highest BCUT2D eigenvalue weighted by atomic mass is 16.5. The third-order valence-corrected chi connectivity index (χ3v) is 2.84. The Kier molecular flexibility index (Phi) is 4.22. The molecule has 0 radical (unpaired) electrons. The number of carbonyl (C=O) groups is 2. The van der Waals surface area contributed by atoms with Gasteiger partial charge in [-0.1, -0.05) is 18.2 Å². The van der Waals surface area contributed by atoms with Crippen LogP contribution in [0.4, 0.5) is 4.79 Å². The van der Waals surface area contributed by atoms with E-state index in [-0.39, 0.29) is 25.0 Å². The molecule has 1 aliphatic rings. The van der Waals surface area contributed by atoms with E-state index in [9.17, 15) is 9.59 Å². The van der Waals surface area contributed by atoms with Crippen molar-refractivity contribution in [1.82, 2.24) is 10.6 Å². The first kappa shape index (κ1) is 13.2. The topological polar surface area (TPSA) is 87.7 Å². The molecule has 6 heteroatoms. The van der Waals surface area contributed by atoms with Crippen molar-refractivity contribution >= 4 is 12.0 Å². The minimum Gasteiger partial charge on any atom is -0.491 e. The number of carboxylic acids is 1. The van der Waals surface area contributed by atoms with E-state index in [4.69, 9.17) is 9.84 Å². The SMILES string of the molecule is O=C(O)CCNC(=O)NC1COc2ccccc2C1. The molecule has 3 N–H and O–H groups in total. The summed E-state index contributed by atoms with van der Waals surface area (Å²) in [6, 6.07) is 7.24. The molecule has 19 heavy (non-hydrogen) atoms. The van der Waals surface area contributed by atoms with Crippen LogP contribution in [-0.4, -0.2) is 36.3 Å². The van der Waals surface area contributed by atoms with Gasteiger partial charge in [0, 0.05) is 6.54 Å². The zero-order chi connectivity index (χ0) is 13.7. The van der Waals surface area contributed by atoms with Crippen LogP contribution in [0.25, 0.3) is 0 Å². The summed E-state index contributed by atoms with van der Waals surface area (Å²) >= 11 is 0. The van der Waals surface area contributed by atoms with E-state index in [2.05, 4.69) is 10.6 Å².